The number of ether oxygens (including phenoxy) is 1. The highest BCUT2D eigenvalue weighted by molar-refractivity contribution is 7.98. The fraction of sp³-hybridized carbons (Fsp3) is 0.450. The lowest BCUT2D eigenvalue weighted by molar-refractivity contribution is 0.0678. The Morgan fingerprint density at radius 2 is 1.90 bits per heavy atom. The average Bonchev–Trinajstić information content (AvgIpc) is 3.40. The molecule has 6 nitrogen and oxygen atoms in total. The van der Waals surface area contributed by atoms with Crippen LogP contribution in [-0.2, 0) is 5.75 Å². The van der Waals surface area contributed by atoms with Crippen molar-refractivity contribution >= 4 is 11.8 Å². The Labute approximate surface area is 172 Å². The third-order valence-corrected chi connectivity index (χ3v) is 6.18. The molecule has 1 aromatic carbocycles. The molecular weight excluding hydrogens is 396 g/mol. The number of thioether (sulfide) groups is 1. The van der Waals surface area contributed by atoms with Gasteiger partial charge in [0, 0.05) is 24.0 Å². The zero-order valence-electron chi connectivity index (χ0n) is 16.2. The van der Waals surface area contributed by atoms with E-state index in [1.807, 2.05) is 24.3 Å². The lowest BCUT2D eigenvalue weighted by Crippen LogP contribution is -2.15. The van der Waals surface area contributed by atoms with Gasteiger partial charge in [-0.1, -0.05) is 31.0 Å². The molecule has 0 saturated heterocycles. The number of hydrogen-bond acceptors (Lipinski definition) is 5. The first-order valence-electron chi connectivity index (χ1n) is 9.69. The predicted molar refractivity (Wildman–Crippen MR) is 107 cm³/mol. The van der Waals surface area contributed by atoms with Gasteiger partial charge >= 0.3 is 6.55 Å². The normalized spacial score (nSPS) is 15.2. The number of methoxy groups -OCH3 is 1. The maximum Gasteiger partial charge on any atom is 0.319 e. The minimum absolute atomic E-state index is 0.310. The van der Waals surface area contributed by atoms with Crippen molar-refractivity contribution in [2.45, 2.75) is 55.6 Å². The van der Waals surface area contributed by atoms with Gasteiger partial charge in [0.2, 0.25) is 0 Å². The third-order valence-electron chi connectivity index (χ3n) is 5.24. The molecule has 1 aliphatic rings. The Morgan fingerprint density at radius 3 is 2.59 bits per heavy atom. The first kappa shape index (κ1) is 19.9. The SMILES string of the molecule is COc1ccc(-c2nnc(SCc3nccn3C(F)F)n2C2CCCCC2)cc1. The van der Waals surface area contributed by atoms with Crippen molar-refractivity contribution < 1.29 is 13.5 Å². The summed E-state index contributed by atoms with van der Waals surface area (Å²) in [6.07, 6.45) is 8.42. The second kappa shape index (κ2) is 8.94. The van der Waals surface area contributed by atoms with Crippen molar-refractivity contribution in [2.75, 3.05) is 7.11 Å². The molecule has 0 atom stereocenters. The van der Waals surface area contributed by atoms with E-state index in [-0.39, 0.29) is 0 Å². The van der Waals surface area contributed by atoms with Crippen LogP contribution in [0.5, 0.6) is 5.75 Å². The molecule has 9 heteroatoms. The van der Waals surface area contributed by atoms with Crippen LogP contribution in [0.1, 0.15) is 50.5 Å². The zero-order valence-corrected chi connectivity index (χ0v) is 17.0. The molecular formula is C20H23F2N5OS. The number of nitrogens with zero attached hydrogens (tertiary/aromatic N) is 5. The van der Waals surface area contributed by atoms with Gasteiger partial charge in [0.25, 0.3) is 0 Å². The number of halogens is 2. The van der Waals surface area contributed by atoms with Gasteiger partial charge in [-0.2, -0.15) is 8.78 Å². The van der Waals surface area contributed by atoms with Gasteiger partial charge in [0.1, 0.15) is 11.6 Å². The highest BCUT2D eigenvalue weighted by Crippen LogP contribution is 2.36. The van der Waals surface area contributed by atoms with E-state index < -0.39 is 6.55 Å². The van der Waals surface area contributed by atoms with E-state index in [4.69, 9.17) is 4.74 Å². The second-order valence-electron chi connectivity index (χ2n) is 7.01. The summed E-state index contributed by atoms with van der Waals surface area (Å²) >= 11 is 1.40. The van der Waals surface area contributed by atoms with Crippen molar-refractivity contribution in [3.8, 4) is 17.1 Å². The summed E-state index contributed by atoms with van der Waals surface area (Å²) in [6, 6.07) is 8.07. The topological polar surface area (TPSA) is 57.8 Å². The zero-order chi connectivity index (χ0) is 20.2. The fourth-order valence-electron chi connectivity index (χ4n) is 3.74. The quantitative estimate of drug-likeness (QED) is 0.484. The molecule has 2 heterocycles. The van der Waals surface area contributed by atoms with Gasteiger partial charge in [-0.15, -0.1) is 10.2 Å². The summed E-state index contributed by atoms with van der Waals surface area (Å²) in [4.78, 5) is 4.07. The number of benzene rings is 1. The molecule has 0 bridgehead atoms. The van der Waals surface area contributed by atoms with Crippen LogP contribution in [0, 0.1) is 0 Å². The van der Waals surface area contributed by atoms with Crippen LogP contribution < -0.4 is 4.74 Å². The summed E-state index contributed by atoms with van der Waals surface area (Å²) in [7, 11) is 1.64. The molecule has 29 heavy (non-hydrogen) atoms. The molecule has 154 valence electrons. The number of aromatic nitrogens is 5. The minimum Gasteiger partial charge on any atom is -0.497 e. The van der Waals surface area contributed by atoms with E-state index in [0.717, 1.165) is 39.7 Å². The smallest absolute Gasteiger partial charge is 0.319 e. The number of hydrogen-bond donors (Lipinski definition) is 0. The molecule has 3 aromatic rings. The van der Waals surface area contributed by atoms with Crippen molar-refractivity contribution in [2.24, 2.45) is 0 Å². The van der Waals surface area contributed by atoms with E-state index in [1.165, 1.54) is 43.4 Å². The Kier molecular flexibility index (Phi) is 6.13. The van der Waals surface area contributed by atoms with E-state index in [0.29, 0.717) is 17.6 Å². The van der Waals surface area contributed by atoms with Crippen LogP contribution in [0.2, 0.25) is 0 Å². The maximum absolute atomic E-state index is 13.1. The van der Waals surface area contributed by atoms with Gasteiger partial charge in [0.15, 0.2) is 11.0 Å². The van der Waals surface area contributed by atoms with Gasteiger partial charge < -0.3 is 4.74 Å². The Hall–Kier alpha value is -2.42. The van der Waals surface area contributed by atoms with Crippen LogP contribution >= 0.6 is 11.8 Å². The minimum atomic E-state index is -2.60. The van der Waals surface area contributed by atoms with E-state index in [2.05, 4.69) is 19.7 Å². The average molecular weight is 420 g/mol. The summed E-state index contributed by atoms with van der Waals surface area (Å²) in [5.74, 6) is 2.23. The molecule has 2 aromatic heterocycles. The number of imidazole rings is 1. The van der Waals surface area contributed by atoms with Gasteiger partial charge in [-0.05, 0) is 37.1 Å². The van der Waals surface area contributed by atoms with Crippen LogP contribution in [0.15, 0.2) is 41.8 Å². The van der Waals surface area contributed by atoms with Gasteiger partial charge in [0.05, 0.1) is 12.9 Å². The molecule has 0 amide bonds. The largest absolute Gasteiger partial charge is 0.497 e. The van der Waals surface area contributed by atoms with Gasteiger partial charge in [-0.25, -0.2) is 4.98 Å². The molecule has 0 aliphatic heterocycles. The molecule has 4 rings (SSSR count). The van der Waals surface area contributed by atoms with E-state index in [9.17, 15) is 8.78 Å². The summed E-state index contributed by atoms with van der Waals surface area (Å²) in [5, 5.41) is 9.60. The van der Waals surface area contributed by atoms with Crippen LogP contribution in [0.3, 0.4) is 0 Å². The standard InChI is InChI=1S/C20H23F2N5OS/c1-28-16-9-7-14(8-10-16)18-24-25-20(27(18)15-5-3-2-4-6-15)29-13-17-23-11-12-26(17)19(21)22/h7-12,15,19H,2-6,13H2,1H3. The Bertz CT molecular complexity index is 935. The molecule has 0 N–H and O–H groups in total. The fourth-order valence-corrected chi connectivity index (χ4v) is 4.70. The molecule has 1 fully saturated rings. The third kappa shape index (κ3) is 4.29. The maximum atomic E-state index is 13.1. The number of alkyl halides is 2. The van der Waals surface area contributed by atoms with Crippen molar-refractivity contribution in [1.82, 2.24) is 24.3 Å². The lowest BCUT2D eigenvalue weighted by atomic mass is 9.95. The summed E-state index contributed by atoms with van der Waals surface area (Å²) < 4.78 is 34.5. The molecule has 0 radical (unpaired) electrons. The first-order chi connectivity index (χ1) is 14.2. The molecule has 0 unspecified atom stereocenters. The lowest BCUT2D eigenvalue weighted by Gasteiger charge is -2.25. The van der Waals surface area contributed by atoms with Crippen molar-refractivity contribution in [3.63, 3.8) is 0 Å². The predicted octanol–water partition coefficient (Wildman–Crippen LogP) is 5.34. The van der Waals surface area contributed by atoms with Crippen molar-refractivity contribution in [3.05, 3.63) is 42.5 Å². The molecule has 1 aliphatic carbocycles. The summed E-state index contributed by atoms with van der Waals surface area (Å²) in [6.45, 7) is -2.60. The van der Waals surface area contributed by atoms with Crippen LogP contribution in [0.4, 0.5) is 8.78 Å². The summed E-state index contributed by atoms with van der Waals surface area (Å²) in [5.41, 5.74) is 0.963. The highest BCUT2D eigenvalue weighted by Gasteiger charge is 2.24. The van der Waals surface area contributed by atoms with E-state index in [1.54, 1.807) is 7.11 Å². The Morgan fingerprint density at radius 1 is 1.14 bits per heavy atom. The number of rotatable bonds is 7. The van der Waals surface area contributed by atoms with Crippen molar-refractivity contribution in [1.29, 1.82) is 0 Å². The van der Waals surface area contributed by atoms with Crippen LogP contribution in [0.25, 0.3) is 11.4 Å². The highest BCUT2D eigenvalue weighted by atomic mass is 32.2. The second-order valence-corrected chi connectivity index (χ2v) is 7.96. The Balaban J connectivity index is 1.64. The monoisotopic (exact) mass is 419 g/mol. The first-order valence-corrected chi connectivity index (χ1v) is 10.7. The van der Waals surface area contributed by atoms with Crippen LogP contribution in [-0.4, -0.2) is 31.4 Å². The molecule has 0 spiro atoms. The molecule has 1 saturated carbocycles. The van der Waals surface area contributed by atoms with E-state index >= 15 is 0 Å². The van der Waals surface area contributed by atoms with Gasteiger partial charge in [-0.3, -0.25) is 9.13 Å².